The van der Waals surface area contributed by atoms with Gasteiger partial charge in [0.15, 0.2) is 0 Å². The van der Waals surface area contributed by atoms with Crippen molar-refractivity contribution in [1.29, 1.82) is 0 Å². The number of nitrogens with two attached hydrogens (primary N) is 1. The molecule has 23 heavy (non-hydrogen) atoms. The van der Waals surface area contributed by atoms with E-state index in [9.17, 15) is 13.2 Å². The minimum atomic E-state index is -3.50. The minimum absolute atomic E-state index is 0.0261. The van der Waals surface area contributed by atoms with Crippen LogP contribution in [0.2, 0.25) is 0 Å². The van der Waals surface area contributed by atoms with Crippen molar-refractivity contribution >= 4 is 21.6 Å². The number of nitrogen functional groups attached to an aromatic ring is 1. The van der Waals surface area contributed by atoms with E-state index in [1.807, 2.05) is 26.0 Å². The third kappa shape index (κ3) is 9.17. The van der Waals surface area contributed by atoms with E-state index in [0.717, 1.165) is 5.56 Å². The summed E-state index contributed by atoms with van der Waals surface area (Å²) in [7, 11) is -3.50. The molecule has 8 heteroatoms. The van der Waals surface area contributed by atoms with Gasteiger partial charge in [-0.05, 0) is 38.0 Å². The van der Waals surface area contributed by atoms with Gasteiger partial charge < -0.3 is 15.8 Å². The van der Waals surface area contributed by atoms with Crippen LogP contribution in [0.3, 0.4) is 0 Å². The zero-order chi connectivity index (χ0) is 17.3. The molecule has 1 aromatic carbocycles. The standard InChI is InChI=1S/C15H25N3O4S/c1-12(2)22-9-10-23(20,21)18-11-15(19)17-8-7-13-3-5-14(16)6-4-13/h3-6,12,18H,7-11,16H2,1-2H3,(H,17,19). The molecular formula is C15H25N3O4S. The van der Waals surface area contributed by atoms with Gasteiger partial charge in [-0.2, -0.15) is 0 Å². The molecule has 0 aliphatic carbocycles. The maximum absolute atomic E-state index is 11.7. The van der Waals surface area contributed by atoms with Crippen LogP contribution in [-0.2, 0) is 26.0 Å². The Hall–Kier alpha value is -1.64. The fraction of sp³-hybridized carbons (Fsp3) is 0.533. The number of anilines is 1. The maximum Gasteiger partial charge on any atom is 0.235 e. The summed E-state index contributed by atoms with van der Waals surface area (Å²) < 4.78 is 30.8. The predicted molar refractivity (Wildman–Crippen MR) is 90.4 cm³/mol. The second-order valence-electron chi connectivity index (χ2n) is 5.40. The molecule has 0 aliphatic heterocycles. The summed E-state index contributed by atoms with van der Waals surface area (Å²) in [6, 6.07) is 7.37. The Labute approximate surface area is 137 Å². The van der Waals surface area contributed by atoms with E-state index in [2.05, 4.69) is 10.0 Å². The van der Waals surface area contributed by atoms with Crippen molar-refractivity contribution in [2.24, 2.45) is 0 Å². The number of hydrogen-bond donors (Lipinski definition) is 3. The highest BCUT2D eigenvalue weighted by Crippen LogP contribution is 2.05. The molecule has 1 rings (SSSR count). The van der Waals surface area contributed by atoms with Crippen LogP contribution in [0.5, 0.6) is 0 Å². The van der Waals surface area contributed by atoms with Crippen LogP contribution >= 0.6 is 0 Å². The number of carbonyl (C=O) groups is 1. The summed E-state index contributed by atoms with van der Waals surface area (Å²) in [6.45, 7) is 3.92. The highest BCUT2D eigenvalue weighted by atomic mass is 32.2. The molecule has 0 unspecified atom stereocenters. The number of ether oxygens (including phenoxy) is 1. The minimum Gasteiger partial charge on any atom is -0.399 e. The van der Waals surface area contributed by atoms with Crippen molar-refractivity contribution < 1.29 is 17.9 Å². The molecular weight excluding hydrogens is 318 g/mol. The fourth-order valence-electron chi connectivity index (χ4n) is 1.73. The molecule has 130 valence electrons. The van der Waals surface area contributed by atoms with Gasteiger partial charge in [-0.25, -0.2) is 13.1 Å². The lowest BCUT2D eigenvalue weighted by atomic mass is 10.1. The van der Waals surface area contributed by atoms with Crippen molar-refractivity contribution in [3.8, 4) is 0 Å². The van der Waals surface area contributed by atoms with E-state index in [0.29, 0.717) is 18.7 Å². The molecule has 1 aromatic rings. The number of carbonyl (C=O) groups excluding carboxylic acids is 1. The van der Waals surface area contributed by atoms with Crippen LogP contribution in [0.1, 0.15) is 19.4 Å². The van der Waals surface area contributed by atoms with Gasteiger partial charge in [0.05, 0.1) is 25.0 Å². The van der Waals surface area contributed by atoms with Crippen LogP contribution in [-0.4, -0.2) is 45.9 Å². The Morgan fingerprint density at radius 1 is 1.26 bits per heavy atom. The normalized spacial score (nSPS) is 11.6. The SMILES string of the molecule is CC(C)OCCS(=O)(=O)NCC(=O)NCCc1ccc(N)cc1. The zero-order valence-corrected chi connectivity index (χ0v) is 14.4. The van der Waals surface area contributed by atoms with Gasteiger partial charge in [-0.3, -0.25) is 4.79 Å². The Morgan fingerprint density at radius 2 is 1.91 bits per heavy atom. The zero-order valence-electron chi connectivity index (χ0n) is 13.5. The Morgan fingerprint density at radius 3 is 2.52 bits per heavy atom. The monoisotopic (exact) mass is 343 g/mol. The molecule has 0 spiro atoms. The number of benzene rings is 1. The van der Waals surface area contributed by atoms with E-state index in [1.54, 1.807) is 12.1 Å². The molecule has 0 bridgehead atoms. The van der Waals surface area contributed by atoms with Gasteiger partial charge in [0.25, 0.3) is 0 Å². The quantitative estimate of drug-likeness (QED) is 0.528. The molecule has 0 aromatic heterocycles. The average Bonchev–Trinajstić information content (AvgIpc) is 2.47. The predicted octanol–water partition coefficient (Wildman–Crippen LogP) is 0.272. The molecule has 4 N–H and O–H groups in total. The van der Waals surface area contributed by atoms with Crippen molar-refractivity contribution in [2.75, 3.05) is 31.2 Å². The van der Waals surface area contributed by atoms with Crippen molar-refractivity contribution in [3.63, 3.8) is 0 Å². The molecule has 0 fully saturated rings. The van der Waals surface area contributed by atoms with Crippen molar-refractivity contribution in [3.05, 3.63) is 29.8 Å². The largest absolute Gasteiger partial charge is 0.399 e. The lowest BCUT2D eigenvalue weighted by Gasteiger charge is -2.10. The fourth-order valence-corrected chi connectivity index (χ4v) is 2.55. The molecule has 0 saturated heterocycles. The third-order valence-electron chi connectivity index (χ3n) is 2.97. The lowest BCUT2D eigenvalue weighted by molar-refractivity contribution is -0.119. The van der Waals surface area contributed by atoms with Crippen LogP contribution < -0.4 is 15.8 Å². The van der Waals surface area contributed by atoms with E-state index in [1.165, 1.54) is 0 Å². The van der Waals surface area contributed by atoms with Crippen LogP contribution in [0, 0.1) is 0 Å². The van der Waals surface area contributed by atoms with E-state index < -0.39 is 10.0 Å². The molecule has 0 saturated carbocycles. The summed E-state index contributed by atoms with van der Waals surface area (Å²) in [6.07, 6.45) is 0.628. The second-order valence-corrected chi connectivity index (χ2v) is 7.33. The van der Waals surface area contributed by atoms with Gasteiger partial charge in [0.1, 0.15) is 0 Å². The summed E-state index contributed by atoms with van der Waals surface area (Å²) in [5.74, 6) is -0.530. The smallest absolute Gasteiger partial charge is 0.235 e. The average molecular weight is 343 g/mol. The van der Waals surface area contributed by atoms with Gasteiger partial charge in [-0.15, -0.1) is 0 Å². The first-order valence-electron chi connectivity index (χ1n) is 7.48. The lowest BCUT2D eigenvalue weighted by Crippen LogP contribution is -2.39. The van der Waals surface area contributed by atoms with Gasteiger partial charge in [0.2, 0.25) is 15.9 Å². The number of rotatable bonds is 10. The third-order valence-corrected chi connectivity index (χ3v) is 4.26. The Kier molecular flexibility index (Phi) is 8.01. The van der Waals surface area contributed by atoms with Gasteiger partial charge >= 0.3 is 0 Å². The number of amides is 1. The number of hydrogen-bond acceptors (Lipinski definition) is 5. The molecule has 0 atom stereocenters. The summed E-state index contributed by atoms with van der Waals surface area (Å²) in [5.41, 5.74) is 7.33. The molecule has 0 radical (unpaired) electrons. The summed E-state index contributed by atoms with van der Waals surface area (Å²) in [4.78, 5) is 11.6. The highest BCUT2D eigenvalue weighted by molar-refractivity contribution is 7.89. The Balaban J connectivity index is 2.21. The topological polar surface area (TPSA) is 111 Å². The molecule has 0 heterocycles. The van der Waals surface area contributed by atoms with Gasteiger partial charge in [-0.1, -0.05) is 12.1 Å². The molecule has 0 aliphatic rings. The Bertz CT molecular complexity index is 585. The van der Waals surface area contributed by atoms with E-state index >= 15 is 0 Å². The molecule has 7 nitrogen and oxygen atoms in total. The first kappa shape index (κ1) is 19.4. The first-order valence-corrected chi connectivity index (χ1v) is 9.14. The van der Waals surface area contributed by atoms with Crippen molar-refractivity contribution in [2.45, 2.75) is 26.4 Å². The van der Waals surface area contributed by atoms with Gasteiger partial charge in [0, 0.05) is 12.2 Å². The summed E-state index contributed by atoms with van der Waals surface area (Å²) >= 11 is 0. The van der Waals surface area contributed by atoms with E-state index in [4.69, 9.17) is 10.5 Å². The maximum atomic E-state index is 11.7. The molecule has 1 amide bonds. The highest BCUT2D eigenvalue weighted by Gasteiger charge is 2.12. The van der Waals surface area contributed by atoms with Crippen molar-refractivity contribution in [1.82, 2.24) is 10.0 Å². The number of sulfonamides is 1. The first-order chi connectivity index (χ1) is 10.8. The number of nitrogens with one attached hydrogen (secondary N) is 2. The summed E-state index contributed by atoms with van der Waals surface area (Å²) in [5, 5.41) is 2.66. The second kappa shape index (κ2) is 9.49. The van der Waals surface area contributed by atoms with E-state index in [-0.39, 0.29) is 30.9 Å². The van der Waals surface area contributed by atoms with Crippen LogP contribution in [0.15, 0.2) is 24.3 Å². The van der Waals surface area contributed by atoms with Crippen LogP contribution in [0.4, 0.5) is 5.69 Å². The van der Waals surface area contributed by atoms with Crippen LogP contribution in [0.25, 0.3) is 0 Å².